The number of nitrogens with two attached hydrogens (primary N) is 1. The van der Waals surface area contributed by atoms with Crippen LogP contribution in [0.25, 0.3) is 0 Å². The van der Waals surface area contributed by atoms with E-state index in [4.69, 9.17) is 17.3 Å². The first-order valence-electron chi connectivity index (χ1n) is 6.04. The van der Waals surface area contributed by atoms with E-state index in [-0.39, 0.29) is 16.5 Å². The Labute approximate surface area is 129 Å². The van der Waals surface area contributed by atoms with Crippen LogP contribution in [-0.4, -0.2) is 0 Å². The lowest BCUT2D eigenvalue weighted by Gasteiger charge is -2.16. The highest BCUT2D eigenvalue weighted by Gasteiger charge is 2.17. The zero-order valence-electron chi connectivity index (χ0n) is 10.8. The van der Waals surface area contributed by atoms with Crippen molar-refractivity contribution >= 4 is 27.5 Å². The van der Waals surface area contributed by atoms with Gasteiger partial charge in [-0.25, -0.2) is 8.78 Å². The second-order valence-corrected chi connectivity index (χ2v) is 5.92. The van der Waals surface area contributed by atoms with Gasteiger partial charge in [-0.3, -0.25) is 0 Å². The third kappa shape index (κ3) is 3.19. The summed E-state index contributed by atoms with van der Waals surface area (Å²) in [6.07, 6.45) is 0.0829. The van der Waals surface area contributed by atoms with Crippen molar-refractivity contribution in [2.75, 3.05) is 0 Å². The van der Waals surface area contributed by atoms with Crippen molar-refractivity contribution in [3.8, 4) is 0 Å². The summed E-state index contributed by atoms with van der Waals surface area (Å²) in [5.41, 5.74) is 7.79. The zero-order chi connectivity index (χ0) is 14.9. The molecule has 0 aliphatic carbocycles. The zero-order valence-corrected chi connectivity index (χ0v) is 13.1. The molecule has 0 saturated carbocycles. The second-order valence-electron chi connectivity index (χ2n) is 4.63. The van der Waals surface area contributed by atoms with Crippen LogP contribution in [0, 0.1) is 18.6 Å². The van der Waals surface area contributed by atoms with Gasteiger partial charge in [-0.05, 0) is 64.7 Å². The highest BCUT2D eigenvalue weighted by molar-refractivity contribution is 9.10. The Morgan fingerprint density at radius 2 is 1.95 bits per heavy atom. The lowest BCUT2D eigenvalue weighted by molar-refractivity contribution is 0.535. The van der Waals surface area contributed by atoms with Crippen LogP contribution >= 0.6 is 27.5 Å². The first-order valence-corrected chi connectivity index (χ1v) is 7.21. The van der Waals surface area contributed by atoms with Crippen LogP contribution in [0.15, 0.2) is 34.8 Å². The number of aryl methyl sites for hydroxylation is 1. The third-order valence-corrected chi connectivity index (χ3v) is 4.04. The van der Waals surface area contributed by atoms with Gasteiger partial charge < -0.3 is 5.73 Å². The highest BCUT2D eigenvalue weighted by Crippen LogP contribution is 2.27. The Hall–Kier alpha value is -0.970. The molecule has 0 aliphatic rings. The average molecular weight is 361 g/mol. The molecule has 2 aromatic carbocycles. The SMILES string of the molecule is Cc1cc(Cl)ccc1C(N)Cc1c(F)ccc(Br)c1F. The largest absolute Gasteiger partial charge is 0.324 e. The van der Waals surface area contributed by atoms with Crippen molar-refractivity contribution in [1.82, 2.24) is 0 Å². The molecule has 0 heterocycles. The Kier molecular flexibility index (Phi) is 4.78. The molecule has 20 heavy (non-hydrogen) atoms. The van der Waals surface area contributed by atoms with Crippen LogP contribution in [0.1, 0.15) is 22.7 Å². The molecule has 0 amide bonds. The summed E-state index contributed by atoms with van der Waals surface area (Å²) < 4.78 is 27.9. The van der Waals surface area contributed by atoms with Gasteiger partial charge in [-0.1, -0.05) is 17.7 Å². The fraction of sp³-hybridized carbons (Fsp3) is 0.200. The summed E-state index contributed by atoms with van der Waals surface area (Å²) in [5, 5.41) is 0.610. The molecular weight excluding hydrogens is 348 g/mol. The maximum atomic E-state index is 13.9. The summed E-state index contributed by atoms with van der Waals surface area (Å²) >= 11 is 8.94. The first-order chi connectivity index (χ1) is 9.40. The van der Waals surface area contributed by atoms with Crippen molar-refractivity contribution in [3.63, 3.8) is 0 Å². The first kappa shape index (κ1) is 15.4. The predicted octanol–water partition coefficient (Wildman–Crippen LogP) is 4.93. The van der Waals surface area contributed by atoms with Gasteiger partial charge >= 0.3 is 0 Å². The number of hydrogen-bond donors (Lipinski definition) is 1. The molecule has 0 saturated heterocycles. The number of benzene rings is 2. The molecule has 2 rings (SSSR count). The number of hydrogen-bond acceptors (Lipinski definition) is 1. The lowest BCUT2D eigenvalue weighted by atomic mass is 9.95. The van der Waals surface area contributed by atoms with Crippen LogP contribution in [-0.2, 0) is 6.42 Å². The van der Waals surface area contributed by atoms with Crippen molar-refractivity contribution in [3.05, 3.63) is 68.2 Å². The average Bonchev–Trinajstić information content (AvgIpc) is 2.39. The fourth-order valence-electron chi connectivity index (χ4n) is 2.14. The molecule has 1 nitrogen and oxygen atoms in total. The molecule has 106 valence electrons. The van der Waals surface area contributed by atoms with Gasteiger partial charge in [0, 0.05) is 16.6 Å². The van der Waals surface area contributed by atoms with E-state index < -0.39 is 17.7 Å². The molecule has 5 heteroatoms. The van der Waals surface area contributed by atoms with E-state index in [1.807, 2.05) is 6.92 Å². The van der Waals surface area contributed by atoms with E-state index in [0.717, 1.165) is 11.1 Å². The Balaban J connectivity index is 2.32. The molecule has 0 bridgehead atoms. The Bertz CT molecular complexity index is 646. The monoisotopic (exact) mass is 359 g/mol. The highest BCUT2D eigenvalue weighted by atomic mass is 79.9. The maximum Gasteiger partial charge on any atom is 0.143 e. The topological polar surface area (TPSA) is 26.0 Å². The van der Waals surface area contributed by atoms with Gasteiger partial charge in [-0.15, -0.1) is 0 Å². The number of halogens is 4. The van der Waals surface area contributed by atoms with E-state index in [1.54, 1.807) is 18.2 Å². The molecule has 0 aromatic heterocycles. The van der Waals surface area contributed by atoms with Crippen LogP contribution < -0.4 is 5.73 Å². The molecule has 2 aromatic rings. The van der Waals surface area contributed by atoms with Crippen LogP contribution in [0.5, 0.6) is 0 Å². The molecule has 1 unspecified atom stereocenters. The van der Waals surface area contributed by atoms with Crippen molar-refractivity contribution in [2.45, 2.75) is 19.4 Å². The van der Waals surface area contributed by atoms with E-state index >= 15 is 0 Å². The minimum absolute atomic E-state index is 0.0128. The van der Waals surface area contributed by atoms with Crippen LogP contribution in [0.4, 0.5) is 8.78 Å². The van der Waals surface area contributed by atoms with Gasteiger partial charge in [0.25, 0.3) is 0 Å². The van der Waals surface area contributed by atoms with Crippen LogP contribution in [0.3, 0.4) is 0 Å². The smallest absolute Gasteiger partial charge is 0.143 e. The molecule has 1 atom stereocenters. The van der Waals surface area contributed by atoms with Crippen molar-refractivity contribution in [1.29, 1.82) is 0 Å². The quantitative estimate of drug-likeness (QED) is 0.772. The maximum absolute atomic E-state index is 13.9. The van der Waals surface area contributed by atoms with Gasteiger partial charge in [0.2, 0.25) is 0 Å². The summed E-state index contributed by atoms with van der Waals surface area (Å²) in [5.74, 6) is -1.19. The molecule has 2 N–H and O–H groups in total. The lowest BCUT2D eigenvalue weighted by Crippen LogP contribution is -2.16. The molecule has 0 fully saturated rings. The summed E-state index contributed by atoms with van der Waals surface area (Å²) in [4.78, 5) is 0. The minimum atomic E-state index is -0.605. The fourth-order valence-corrected chi connectivity index (χ4v) is 2.74. The summed E-state index contributed by atoms with van der Waals surface area (Å²) in [6.45, 7) is 1.87. The molecule has 0 spiro atoms. The molecule has 0 radical (unpaired) electrons. The second kappa shape index (κ2) is 6.20. The van der Waals surface area contributed by atoms with E-state index in [2.05, 4.69) is 15.9 Å². The minimum Gasteiger partial charge on any atom is -0.324 e. The molecular formula is C15H13BrClF2N. The number of rotatable bonds is 3. The van der Waals surface area contributed by atoms with E-state index in [9.17, 15) is 8.78 Å². The Morgan fingerprint density at radius 3 is 2.60 bits per heavy atom. The standard InChI is InChI=1S/C15H13BrClF2N/c1-8-6-9(17)2-3-10(8)14(20)7-11-13(18)5-4-12(16)15(11)19/h2-6,14H,7,20H2,1H3. The van der Waals surface area contributed by atoms with Gasteiger partial charge in [0.1, 0.15) is 11.6 Å². The van der Waals surface area contributed by atoms with E-state index in [0.29, 0.717) is 5.02 Å². The van der Waals surface area contributed by atoms with Gasteiger partial charge in [0.15, 0.2) is 0 Å². The molecule has 0 aliphatic heterocycles. The van der Waals surface area contributed by atoms with Crippen molar-refractivity contribution in [2.24, 2.45) is 5.73 Å². The van der Waals surface area contributed by atoms with Gasteiger partial charge in [-0.2, -0.15) is 0 Å². The normalized spacial score (nSPS) is 12.5. The van der Waals surface area contributed by atoms with E-state index in [1.165, 1.54) is 12.1 Å². The summed E-state index contributed by atoms with van der Waals surface area (Å²) in [6, 6.07) is 7.36. The van der Waals surface area contributed by atoms with Crippen molar-refractivity contribution < 1.29 is 8.78 Å². The predicted molar refractivity (Wildman–Crippen MR) is 80.9 cm³/mol. The third-order valence-electron chi connectivity index (χ3n) is 3.19. The Morgan fingerprint density at radius 1 is 1.25 bits per heavy atom. The van der Waals surface area contributed by atoms with Crippen LogP contribution in [0.2, 0.25) is 5.02 Å². The summed E-state index contributed by atoms with van der Waals surface area (Å²) in [7, 11) is 0. The van der Waals surface area contributed by atoms with Gasteiger partial charge in [0.05, 0.1) is 4.47 Å².